The second-order valence-corrected chi connectivity index (χ2v) is 5.94. The summed E-state index contributed by atoms with van der Waals surface area (Å²) in [6.07, 6.45) is 5.19. The first-order valence-electron chi connectivity index (χ1n) is 6.76. The van der Waals surface area contributed by atoms with E-state index >= 15 is 0 Å². The predicted octanol–water partition coefficient (Wildman–Crippen LogP) is 2.99. The number of hydrogen-bond acceptors (Lipinski definition) is 2. The number of nitrogens with one attached hydrogen (secondary N) is 2. The third kappa shape index (κ3) is 4.02. The van der Waals surface area contributed by atoms with Crippen LogP contribution in [0.1, 0.15) is 38.2 Å². The Labute approximate surface area is 114 Å². The third-order valence-corrected chi connectivity index (χ3v) is 4.35. The van der Waals surface area contributed by atoms with E-state index in [0.717, 1.165) is 18.4 Å². The number of aliphatic imine (C=N–C) groups is 1. The Kier molecular flexibility index (Phi) is 5.05. The van der Waals surface area contributed by atoms with Crippen LogP contribution in [0.2, 0.25) is 0 Å². The van der Waals surface area contributed by atoms with Gasteiger partial charge in [0.25, 0.3) is 0 Å². The molecule has 0 bridgehead atoms. The minimum atomic E-state index is 0.592. The molecule has 1 aromatic rings. The van der Waals surface area contributed by atoms with Gasteiger partial charge in [0.2, 0.25) is 0 Å². The highest BCUT2D eigenvalue weighted by Gasteiger charge is 2.18. The number of thiophene rings is 1. The summed E-state index contributed by atoms with van der Waals surface area (Å²) in [4.78, 5) is 4.30. The third-order valence-electron chi connectivity index (χ3n) is 3.62. The van der Waals surface area contributed by atoms with Crippen LogP contribution in [0.4, 0.5) is 0 Å². The van der Waals surface area contributed by atoms with Crippen LogP contribution in [0.15, 0.2) is 21.8 Å². The number of nitrogens with zero attached hydrogens (tertiary/aromatic N) is 1. The number of hydrogen-bond donors (Lipinski definition) is 2. The van der Waals surface area contributed by atoms with Gasteiger partial charge in [-0.25, -0.2) is 0 Å². The van der Waals surface area contributed by atoms with Gasteiger partial charge in [0.1, 0.15) is 0 Å². The number of guanidine groups is 1. The Morgan fingerprint density at radius 1 is 1.39 bits per heavy atom. The van der Waals surface area contributed by atoms with Crippen molar-refractivity contribution in [2.24, 2.45) is 10.9 Å². The Morgan fingerprint density at radius 2 is 2.17 bits per heavy atom. The van der Waals surface area contributed by atoms with Crippen LogP contribution in [0.5, 0.6) is 0 Å². The first-order valence-corrected chi connectivity index (χ1v) is 7.70. The minimum Gasteiger partial charge on any atom is -0.354 e. The van der Waals surface area contributed by atoms with Crippen LogP contribution in [0, 0.1) is 5.92 Å². The molecule has 0 aromatic carbocycles. The smallest absolute Gasteiger partial charge is 0.191 e. The molecule has 100 valence electrons. The largest absolute Gasteiger partial charge is 0.354 e. The van der Waals surface area contributed by atoms with Crippen LogP contribution < -0.4 is 10.6 Å². The normalized spacial score (nSPS) is 24.9. The lowest BCUT2D eigenvalue weighted by molar-refractivity contribution is 0.329. The second kappa shape index (κ2) is 6.78. The van der Waals surface area contributed by atoms with Crippen molar-refractivity contribution in [3.8, 4) is 0 Å². The maximum absolute atomic E-state index is 4.30. The lowest BCUT2D eigenvalue weighted by Crippen LogP contribution is -2.44. The standard InChI is InChI=1S/C14H23N3S/c1-11-3-5-13(6-4-11)17-14(15-2)16-9-12-7-8-18-10-12/h7-8,10-11,13H,3-6,9H2,1-2H3,(H2,15,16,17). The summed E-state index contributed by atoms with van der Waals surface area (Å²) in [5.74, 6) is 1.82. The summed E-state index contributed by atoms with van der Waals surface area (Å²) in [7, 11) is 1.84. The number of rotatable bonds is 3. The fourth-order valence-electron chi connectivity index (χ4n) is 2.37. The highest BCUT2D eigenvalue weighted by Crippen LogP contribution is 2.23. The zero-order valence-electron chi connectivity index (χ0n) is 11.3. The second-order valence-electron chi connectivity index (χ2n) is 5.16. The molecule has 18 heavy (non-hydrogen) atoms. The lowest BCUT2D eigenvalue weighted by Gasteiger charge is -2.28. The average molecular weight is 265 g/mol. The Hall–Kier alpha value is -1.03. The molecule has 0 saturated heterocycles. The summed E-state index contributed by atoms with van der Waals surface area (Å²) in [5, 5.41) is 11.2. The molecular formula is C14H23N3S. The summed E-state index contributed by atoms with van der Waals surface area (Å²) < 4.78 is 0. The molecule has 1 heterocycles. The van der Waals surface area contributed by atoms with Crippen LogP contribution in [-0.2, 0) is 6.54 Å². The molecule has 1 aliphatic rings. The first-order chi connectivity index (χ1) is 8.78. The monoisotopic (exact) mass is 265 g/mol. The zero-order valence-corrected chi connectivity index (χ0v) is 12.1. The lowest BCUT2D eigenvalue weighted by atomic mass is 9.87. The Morgan fingerprint density at radius 3 is 2.78 bits per heavy atom. The van der Waals surface area contributed by atoms with E-state index in [4.69, 9.17) is 0 Å². The van der Waals surface area contributed by atoms with Crippen molar-refractivity contribution >= 4 is 17.3 Å². The van der Waals surface area contributed by atoms with Gasteiger partial charge >= 0.3 is 0 Å². The molecule has 0 atom stereocenters. The summed E-state index contributed by atoms with van der Waals surface area (Å²) in [6, 6.07) is 2.74. The Balaban J connectivity index is 1.75. The van der Waals surface area contributed by atoms with Crippen LogP contribution in [-0.4, -0.2) is 19.0 Å². The van der Waals surface area contributed by atoms with E-state index in [1.54, 1.807) is 11.3 Å². The summed E-state index contributed by atoms with van der Waals surface area (Å²) >= 11 is 1.73. The zero-order chi connectivity index (χ0) is 12.8. The molecule has 0 amide bonds. The maximum atomic E-state index is 4.30. The van der Waals surface area contributed by atoms with Crippen LogP contribution in [0.3, 0.4) is 0 Å². The van der Waals surface area contributed by atoms with Gasteiger partial charge in [-0.05, 0) is 54.0 Å². The molecule has 4 heteroatoms. The SMILES string of the molecule is CN=C(NCc1ccsc1)NC1CCC(C)CC1. The summed E-state index contributed by atoms with van der Waals surface area (Å²) in [6.45, 7) is 3.20. The quantitative estimate of drug-likeness (QED) is 0.651. The molecular weight excluding hydrogens is 242 g/mol. The van der Waals surface area contributed by atoms with Crippen molar-refractivity contribution in [1.82, 2.24) is 10.6 Å². The fourth-order valence-corrected chi connectivity index (χ4v) is 3.04. The van der Waals surface area contributed by atoms with Gasteiger partial charge < -0.3 is 10.6 Å². The van der Waals surface area contributed by atoms with Gasteiger partial charge in [0.15, 0.2) is 5.96 Å². The van der Waals surface area contributed by atoms with E-state index in [1.165, 1.54) is 31.2 Å². The molecule has 1 saturated carbocycles. The van der Waals surface area contributed by atoms with Crippen molar-refractivity contribution in [3.05, 3.63) is 22.4 Å². The summed E-state index contributed by atoms with van der Waals surface area (Å²) in [5.41, 5.74) is 1.32. The van der Waals surface area contributed by atoms with Crippen molar-refractivity contribution < 1.29 is 0 Å². The van der Waals surface area contributed by atoms with Gasteiger partial charge in [0, 0.05) is 19.6 Å². The van der Waals surface area contributed by atoms with Crippen molar-refractivity contribution in [2.75, 3.05) is 7.05 Å². The molecule has 0 aliphatic heterocycles. The molecule has 0 unspecified atom stereocenters. The van der Waals surface area contributed by atoms with Crippen LogP contribution >= 0.6 is 11.3 Å². The van der Waals surface area contributed by atoms with E-state index in [1.807, 2.05) is 7.05 Å². The van der Waals surface area contributed by atoms with E-state index in [0.29, 0.717) is 6.04 Å². The molecule has 2 N–H and O–H groups in total. The van der Waals surface area contributed by atoms with Gasteiger partial charge in [-0.3, -0.25) is 4.99 Å². The minimum absolute atomic E-state index is 0.592. The molecule has 3 nitrogen and oxygen atoms in total. The van der Waals surface area contributed by atoms with Gasteiger partial charge in [-0.15, -0.1) is 0 Å². The molecule has 1 aromatic heterocycles. The maximum Gasteiger partial charge on any atom is 0.191 e. The molecule has 2 rings (SSSR count). The highest BCUT2D eigenvalue weighted by molar-refractivity contribution is 7.07. The average Bonchev–Trinajstić information content (AvgIpc) is 2.90. The van der Waals surface area contributed by atoms with E-state index in [2.05, 4.69) is 39.4 Å². The fraction of sp³-hybridized carbons (Fsp3) is 0.643. The topological polar surface area (TPSA) is 36.4 Å². The molecule has 0 radical (unpaired) electrons. The molecule has 1 aliphatic carbocycles. The molecule has 0 spiro atoms. The highest BCUT2D eigenvalue weighted by atomic mass is 32.1. The van der Waals surface area contributed by atoms with Crippen molar-refractivity contribution in [3.63, 3.8) is 0 Å². The first kappa shape index (κ1) is 13.4. The van der Waals surface area contributed by atoms with Crippen molar-refractivity contribution in [1.29, 1.82) is 0 Å². The van der Waals surface area contributed by atoms with E-state index in [-0.39, 0.29) is 0 Å². The van der Waals surface area contributed by atoms with Crippen molar-refractivity contribution in [2.45, 2.75) is 45.2 Å². The van der Waals surface area contributed by atoms with E-state index in [9.17, 15) is 0 Å². The Bertz CT molecular complexity index is 364. The van der Waals surface area contributed by atoms with Gasteiger partial charge in [-0.1, -0.05) is 6.92 Å². The predicted molar refractivity (Wildman–Crippen MR) is 79.1 cm³/mol. The van der Waals surface area contributed by atoms with E-state index < -0.39 is 0 Å². The van der Waals surface area contributed by atoms with Gasteiger partial charge in [-0.2, -0.15) is 11.3 Å². The van der Waals surface area contributed by atoms with Crippen LogP contribution in [0.25, 0.3) is 0 Å². The molecule has 1 fully saturated rings. The van der Waals surface area contributed by atoms with Gasteiger partial charge in [0.05, 0.1) is 0 Å².